The maximum Gasteiger partial charge on any atom is 0.255 e. The van der Waals surface area contributed by atoms with Gasteiger partial charge in [-0.1, -0.05) is 12.1 Å². The first-order valence-electron chi connectivity index (χ1n) is 9.68. The van der Waals surface area contributed by atoms with Gasteiger partial charge in [0.05, 0.1) is 12.1 Å². The Bertz CT molecular complexity index is 802. The van der Waals surface area contributed by atoms with Crippen molar-refractivity contribution in [1.29, 1.82) is 0 Å². The molecule has 1 aromatic carbocycles. The number of likely N-dealkylation sites (tertiary alicyclic amines) is 1. The van der Waals surface area contributed by atoms with E-state index in [9.17, 15) is 9.59 Å². The second kappa shape index (κ2) is 9.35. The van der Waals surface area contributed by atoms with E-state index in [0.29, 0.717) is 44.6 Å². The highest BCUT2D eigenvalue weighted by atomic mass is 16.5. The third-order valence-corrected chi connectivity index (χ3v) is 5.10. The number of rotatable bonds is 6. The Hall–Kier alpha value is -2.89. The van der Waals surface area contributed by atoms with Gasteiger partial charge in [0.25, 0.3) is 5.91 Å². The predicted molar refractivity (Wildman–Crippen MR) is 107 cm³/mol. The van der Waals surface area contributed by atoms with E-state index < -0.39 is 0 Å². The van der Waals surface area contributed by atoms with Crippen LogP contribution in [0.25, 0.3) is 0 Å². The molecule has 1 fully saturated rings. The summed E-state index contributed by atoms with van der Waals surface area (Å²) in [5.74, 6) is 0.894. The minimum absolute atomic E-state index is 0.0149. The zero-order valence-electron chi connectivity index (χ0n) is 16.5. The number of likely N-dealkylation sites (N-methyl/N-ethyl adjacent to an activating group) is 1. The molecule has 148 valence electrons. The Kier molecular flexibility index (Phi) is 6.63. The molecule has 2 heterocycles. The van der Waals surface area contributed by atoms with Gasteiger partial charge in [-0.25, -0.2) is 0 Å². The molecular weight excluding hydrogens is 354 g/mol. The van der Waals surface area contributed by atoms with Crippen LogP contribution in [-0.4, -0.2) is 59.9 Å². The zero-order chi connectivity index (χ0) is 19.9. The van der Waals surface area contributed by atoms with E-state index in [-0.39, 0.29) is 17.7 Å². The van der Waals surface area contributed by atoms with Crippen LogP contribution in [0.4, 0.5) is 0 Å². The molecule has 0 spiro atoms. The number of nitrogens with zero attached hydrogens (tertiary/aromatic N) is 3. The lowest BCUT2D eigenvalue weighted by Gasteiger charge is -2.33. The van der Waals surface area contributed by atoms with Crippen LogP contribution in [0.15, 0.2) is 48.8 Å². The summed E-state index contributed by atoms with van der Waals surface area (Å²) in [6, 6.07) is 11.4. The molecule has 1 aromatic heterocycles. The lowest BCUT2D eigenvalue weighted by molar-refractivity contribution is -0.135. The molecule has 1 aliphatic rings. The van der Waals surface area contributed by atoms with Crippen LogP contribution < -0.4 is 4.74 Å². The van der Waals surface area contributed by atoms with Gasteiger partial charge < -0.3 is 14.5 Å². The average Bonchev–Trinajstić information content (AvgIpc) is 2.73. The van der Waals surface area contributed by atoms with Gasteiger partial charge in [0.1, 0.15) is 12.4 Å². The van der Waals surface area contributed by atoms with Gasteiger partial charge in [-0.05, 0) is 49.6 Å². The molecule has 1 saturated heterocycles. The second-order valence-corrected chi connectivity index (χ2v) is 7.23. The average molecular weight is 381 g/mol. The molecule has 0 saturated carbocycles. The minimum atomic E-state index is -0.0399. The zero-order valence-corrected chi connectivity index (χ0v) is 16.5. The first-order valence-corrected chi connectivity index (χ1v) is 9.68. The number of benzene rings is 1. The van der Waals surface area contributed by atoms with E-state index in [2.05, 4.69) is 4.98 Å². The van der Waals surface area contributed by atoms with Crippen molar-refractivity contribution >= 4 is 11.8 Å². The number of hydrogen-bond acceptors (Lipinski definition) is 4. The van der Waals surface area contributed by atoms with Gasteiger partial charge in [0.2, 0.25) is 5.91 Å². The summed E-state index contributed by atoms with van der Waals surface area (Å²) >= 11 is 0. The normalized spacial score (nSPS) is 14.6. The Balaban J connectivity index is 1.43. The van der Waals surface area contributed by atoms with Gasteiger partial charge in [0.15, 0.2) is 0 Å². The summed E-state index contributed by atoms with van der Waals surface area (Å²) < 4.78 is 5.74. The van der Waals surface area contributed by atoms with Crippen molar-refractivity contribution in [3.8, 4) is 5.75 Å². The molecule has 28 heavy (non-hydrogen) atoms. The summed E-state index contributed by atoms with van der Waals surface area (Å²) in [7, 11) is 1.81. The Labute approximate surface area is 166 Å². The fourth-order valence-electron chi connectivity index (χ4n) is 3.43. The number of carbonyl (C=O) groups is 2. The molecular formula is C22H27N3O3. The van der Waals surface area contributed by atoms with E-state index in [1.807, 2.05) is 43.1 Å². The van der Waals surface area contributed by atoms with Crippen LogP contribution in [0.2, 0.25) is 0 Å². The van der Waals surface area contributed by atoms with Gasteiger partial charge in [-0.15, -0.1) is 0 Å². The molecule has 0 bridgehead atoms. The number of aryl methyl sites for hydroxylation is 1. The molecule has 0 N–H and O–H groups in total. The van der Waals surface area contributed by atoms with Gasteiger partial charge >= 0.3 is 0 Å². The molecule has 6 nitrogen and oxygen atoms in total. The first-order chi connectivity index (χ1) is 13.5. The fourth-order valence-corrected chi connectivity index (χ4v) is 3.43. The minimum Gasteiger partial charge on any atom is -0.492 e. The van der Waals surface area contributed by atoms with Crippen molar-refractivity contribution in [3.05, 3.63) is 59.9 Å². The van der Waals surface area contributed by atoms with Crippen LogP contribution in [0.5, 0.6) is 5.75 Å². The lowest BCUT2D eigenvalue weighted by Crippen LogP contribution is -2.44. The van der Waals surface area contributed by atoms with Crippen LogP contribution >= 0.6 is 0 Å². The molecule has 6 heteroatoms. The van der Waals surface area contributed by atoms with Crippen molar-refractivity contribution in [2.45, 2.75) is 19.8 Å². The number of aromatic nitrogens is 1. The van der Waals surface area contributed by atoms with E-state index in [1.165, 1.54) is 0 Å². The number of ether oxygens (including phenoxy) is 1. The Morgan fingerprint density at radius 1 is 1.21 bits per heavy atom. The number of hydrogen-bond donors (Lipinski definition) is 0. The third kappa shape index (κ3) is 5.09. The Morgan fingerprint density at radius 2 is 2.00 bits per heavy atom. The number of pyridine rings is 1. The molecule has 0 radical (unpaired) electrons. The summed E-state index contributed by atoms with van der Waals surface area (Å²) in [6.45, 7) is 4.22. The molecule has 0 unspecified atom stereocenters. The lowest BCUT2D eigenvalue weighted by atomic mass is 9.95. The van der Waals surface area contributed by atoms with Crippen molar-refractivity contribution in [2.75, 3.05) is 33.3 Å². The second-order valence-electron chi connectivity index (χ2n) is 7.23. The van der Waals surface area contributed by atoms with Crippen molar-refractivity contribution in [3.63, 3.8) is 0 Å². The van der Waals surface area contributed by atoms with Gasteiger partial charge in [-0.2, -0.15) is 0 Å². The molecule has 3 rings (SSSR count). The van der Waals surface area contributed by atoms with E-state index in [1.54, 1.807) is 29.4 Å². The fraction of sp³-hybridized carbons (Fsp3) is 0.409. The smallest absolute Gasteiger partial charge is 0.255 e. The quantitative estimate of drug-likeness (QED) is 0.772. The molecule has 1 aliphatic heterocycles. The van der Waals surface area contributed by atoms with Crippen LogP contribution in [0, 0.1) is 12.8 Å². The summed E-state index contributed by atoms with van der Waals surface area (Å²) in [6.07, 6.45) is 4.61. The highest BCUT2D eigenvalue weighted by Gasteiger charge is 2.29. The van der Waals surface area contributed by atoms with E-state index in [0.717, 1.165) is 11.3 Å². The first kappa shape index (κ1) is 19.9. The van der Waals surface area contributed by atoms with Crippen LogP contribution in [0.1, 0.15) is 28.8 Å². The number of piperidine rings is 1. The molecule has 2 amide bonds. The maximum absolute atomic E-state index is 12.7. The molecule has 0 atom stereocenters. The number of carbonyl (C=O) groups excluding carboxylic acids is 2. The van der Waals surface area contributed by atoms with Crippen LogP contribution in [-0.2, 0) is 4.79 Å². The van der Waals surface area contributed by atoms with Crippen molar-refractivity contribution in [2.24, 2.45) is 5.92 Å². The van der Waals surface area contributed by atoms with Crippen molar-refractivity contribution in [1.82, 2.24) is 14.8 Å². The van der Waals surface area contributed by atoms with E-state index >= 15 is 0 Å². The number of amides is 2. The van der Waals surface area contributed by atoms with Gasteiger partial charge in [-0.3, -0.25) is 14.6 Å². The molecule has 2 aromatic rings. The summed E-state index contributed by atoms with van der Waals surface area (Å²) in [4.78, 5) is 32.7. The SMILES string of the molecule is Cc1cccc(OCCN(C)C(=O)C2CCN(C(=O)c3cccnc3)CC2)c1. The van der Waals surface area contributed by atoms with Gasteiger partial charge in [0, 0.05) is 38.4 Å². The standard InChI is InChI=1S/C22H27N3O3/c1-17-5-3-7-20(15-17)28-14-13-24(2)21(26)18-8-11-25(12-9-18)22(27)19-6-4-10-23-16-19/h3-7,10,15-16,18H,8-9,11-14H2,1-2H3. The van der Waals surface area contributed by atoms with Crippen LogP contribution in [0.3, 0.4) is 0 Å². The molecule has 0 aliphatic carbocycles. The summed E-state index contributed by atoms with van der Waals surface area (Å²) in [5.41, 5.74) is 1.74. The van der Waals surface area contributed by atoms with Crippen molar-refractivity contribution < 1.29 is 14.3 Å². The maximum atomic E-state index is 12.7. The van der Waals surface area contributed by atoms with E-state index in [4.69, 9.17) is 4.74 Å². The Morgan fingerprint density at radius 3 is 2.68 bits per heavy atom. The highest BCUT2D eigenvalue weighted by molar-refractivity contribution is 5.94. The predicted octanol–water partition coefficient (Wildman–Crippen LogP) is 2.78. The highest BCUT2D eigenvalue weighted by Crippen LogP contribution is 2.21. The summed E-state index contributed by atoms with van der Waals surface area (Å²) in [5, 5.41) is 0. The third-order valence-electron chi connectivity index (χ3n) is 5.10. The topological polar surface area (TPSA) is 62.7 Å². The largest absolute Gasteiger partial charge is 0.492 e. The monoisotopic (exact) mass is 381 g/mol.